The Morgan fingerprint density at radius 3 is 2.97 bits per heavy atom. The summed E-state index contributed by atoms with van der Waals surface area (Å²) in [4.78, 5) is 31.7. The molecule has 3 aromatic heterocycles. The minimum Gasteiger partial charge on any atom is -0.448 e. The topological polar surface area (TPSA) is 121 Å². The van der Waals surface area contributed by atoms with Gasteiger partial charge in [-0.1, -0.05) is 6.08 Å². The molecule has 0 aliphatic heterocycles. The van der Waals surface area contributed by atoms with Crippen LogP contribution in [0.5, 0.6) is 0 Å². The third-order valence-corrected chi connectivity index (χ3v) is 4.37. The van der Waals surface area contributed by atoms with Gasteiger partial charge in [0.25, 0.3) is 5.91 Å². The van der Waals surface area contributed by atoms with Gasteiger partial charge in [-0.3, -0.25) is 14.8 Å². The number of fused-ring (bicyclic) bond motifs is 1. The molecule has 0 bridgehead atoms. The van der Waals surface area contributed by atoms with Crippen LogP contribution in [0.25, 0.3) is 11.0 Å². The Bertz CT molecular complexity index is 1070. The fraction of sp³-hybridized carbons (Fsp3) is 0.286. The highest BCUT2D eigenvalue weighted by Gasteiger charge is 2.13. The molecule has 0 radical (unpaired) electrons. The van der Waals surface area contributed by atoms with Crippen LogP contribution >= 0.6 is 0 Å². The zero-order chi connectivity index (χ0) is 22.1. The summed E-state index contributed by atoms with van der Waals surface area (Å²) in [6.45, 7) is 6.26. The summed E-state index contributed by atoms with van der Waals surface area (Å²) in [7, 11) is 0. The number of amides is 1. The molecular weight excluding hydrogens is 401 g/mol. The number of imidazole rings is 1. The molecule has 162 valence electrons. The van der Waals surface area contributed by atoms with Crippen molar-refractivity contribution in [1.82, 2.24) is 30.6 Å². The maximum atomic E-state index is 13.7. The van der Waals surface area contributed by atoms with Crippen molar-refractivity contribution in [3.8, 4) is 0 Å². The molecule has 0 spiro atoms. The average molecular weight is 425 g/mol. The summed E-state index contributed by atoms with van der Waals surface area (Å²) in [5, 5.41) is 5.84. The fourth-order valence-corrected chi connectivity index (χ4v) is 2.80. The standard InChI is InChI=1S/C21H24FN7O2/c1-3-4-14(22)16(23-2)12-26-21(30)18-13-31-20(29-18)7-10-24-9-6-19-27-15-5-8-25-11-17(15)28-19/h3-5,8,11,13,24H,2,6-7,9-10,12H2,1H3,(H,26,30)(H,27,28)/b4-3-,16-14+. The molecule has 0 fully saturated rings. The van der Waals surface area contributed by atoms with Gasteiger partial charge in [0.15, 0.2) is 11.6 Å². The van der Waals surface area contributed by atoms with Gasteiger partial charge in [0.1, 0.15) is 17.9 Å². The lowest BCUT2D eigenvalue weighted by Gasteiger charge is -2.03. The number of aromatic amines is 1. The number of H-pyrrole nitrogens is 1. The maximum absolute atomic E-state index is 13.7. The zero-order valence-electron chi connectivity index (χ0n) is 17.2. The van der Waals surface area contributed by atoms with Gasteiger partial charge < -0.3 is 20.0 Å². The van der Waals surface area contributed by atoms with E-state index in [0.717, 1.165) is 29.8 Å². The molecule has 3 N–H and O–H groups in total. The van der Waals surface area contributed by atoms with Gasteiger partial charge >= 0.3 is 0 Å². The smallest absolute Gasteiger partial charge is 0.273 e. The number of aromatic nitrogens is 4. The Balaban J connectivity index is 1.40. The van der Waals surface area contributed by atoms with E-state index in [0.29, 0.717) is 18.9 Å². The minimum atomic E-state index is -0.552. The number of aliphatic imine (C=N–C) groups is 1. The first-order valence-corrected chi connectivity index (χ1v) is 9.80. The van der Waals surface area contributed by atoms with Crippen LogP contribution in [0.4, 0.5) is 4.39 Å². The normalized spacial score (nSPS) is 12.3. The van der Waals surface area contributed by atoms with Crippen molar-refractivity contribution < 1.29 is 13.6 Å². The number of halogens is 1. The number of allylic oxidation sites excluding steroid dienone is 3. The predicted octanol–water partition coefficient (Wildman–Crippen LogP) is 2.51. The van der Waals surface area contributed by atoms with Crippen molar-refractivity contribution in [3.63, 3.8) is 0 Å². The number of pyridine rings is 1. The lowest BCUT2D eigenvalue weighted by Crippen LogP contribution is -2.26. The largest absolute Gasteiger partial charge is 0.448 e. The van der Waals surface area contributed by atoms with Crippen LogP contribution in [-0.4, -0.2) is 52.2 Å². The number of carbonyl (C=O) groups excluding carboxylic acids is 1. The number of oxazole rings is 1. The van der Waals surface area contributed by atoms with E-state index in [1.165, 1.54) is 18.4 Å². The second-order valence-corrected chi connectivity index (χ2v) is 6.59. The summed E-state index contributed by atoms with van der Waals surface area (Å²) < 4.78 is 19.1. The van der Waals surface area contributed by atoms with Gasteiger partial charge in [-0.05, 0) is 25.8 Å². The molecule has 10 heteroatoms. The van der Waals surface area contributed by atoms with Crippen LogP contribution in [0, 0.1) is 0 Å². The van der Waals surface area contributed by atoms with Gasteiger partial charge in [0.2, 0.25) is 0 Å². The first kappa shape index (κ1) is 22.0. The molecule has 0 saturated heterocycles. The molecule has 0 saturated carbocycles. The van der Waals surface area contributed by atoms with E-state index in [-0.39, 0.29) is 17.9 Å². The molecule has 0 aliphatic rings. The molecule has 3 heterocycles. The third kappa shape index (κ3) is 6.16. The fourth-order valence-electron chi connectivity index (χ4n) is 2.80. The van der Waals surface area contributed by atoms with Crippen molar-refractivity contribution in [2.45, 2.75) is 19.8 Å². The maximum Gasteiger partial charge on any atom is 0.273 e. The molecule has 0 aromatic carbocycles. The first-order chi connectivity index (χ1) is 15.1. The summed E-state index contributed by atoms with van der Waals surface area (Å²) in [5.41, 5.74) is 1.98. The number of hydrogen-bond acceptors (Lipinski definition) is 7. The zero-order valence-corrected chi connectivity index (χ0v) is 17.2. The lowest BCUT2D eigenvalue weighted by molar-refractivity contribution is 0.0951. The van der Waals surface area contributed by atoms with Crippen molar-refractivity contribution in [2.24, 2.45) is 4.99 Å². The van der Waals surface area contributed by atoms with Crippen molar-refractivity contribution in [2.75, 3.05) is 19.6 Å². The number of rotatable bonds is 11. The number of nitrogens with zero attached hydrogens (tertiary/aromatic N) is 4. The second-order valence-electron chi connectivity index (χ2n) is 6.59. The van der Waals surface area contributed by atoms with E-state index in [1.807, 2.05) is 6.07 Å². The Labute approximate surface area is 178 Å². The number of hydrogen-bond donors (Lipinski definition) is 3. The van der Waals surface area contributed by atoms with Crippen LogP contribution in [0.1, 0.15) is 29.1 Å². The Morgan fingerprint density at radius 1 is 1.35 bits per heavy atom. The molecule has 31 heavy (non-hydrogen) atoms. The Kier molecular flexibility index (Phi) is 7.77. The molecule has 9 nitrogen and oxygen atoms in total. The molecular formula is C21H24FN7O2. The predicted molar refractivity (Wildman–Crippen MR) is 115 cm³/mol. The monoisotopic (exact) mass is 425 g/mol. The lowest BCUT2D eigenvalue weighted by atomic mass is 10.3. The van der Waals surface area contributed by atoms with Gasteiger partial charge in [0.05, 0.1) is 29.5 Å². The molecule has 3 rings (SSSR count). The van der Waals surface area contributed by atoms with Gasteiger partial charge in [-0.25, -0.2) is 14.4 Å². The SMILES string of the molecule is C=N/C(CNC(=O)c1coc(CCNCCc2nc3ccncc3[nH]2)n1)=C(F)\C=C/C. The summed E-state index contributed by atoms with van der Waals surface area (Å²) in [5.74, 6) is 0.296. The number of carbonyl (C=O) groups is 1. The van der Waals surface area contributed by atoms with Crippen LogP contribution in [0.3, 0.4) is 0 Å². The van der Waals surface area contributed by atoms with E-state index < -0.39 is 11.7 Å². The third-order valence-electron chi connectivity index (χ3n) is 4.37. The highest BCUT2D eigenvalue weighted by Crippen LogP contribution is 2.10. The highest BCUT2D eigenvalue weighted by atomic mass is 19.1. The molecule has 0 aliphatic carbocycles. The summed E-state index contributed by atoms with van der Waals surface area (Å²) >= 11 is 0. The highest BCUT2D eigenvalue weighted by molar-refractivity contribution is 5.92. The van der Waals surface area contributed by atoms with Crippen molar-refractivity contribution >= 4 is 23.7 Å². The van der Waals surface area contributed by atoms with Crippen molar-refractivity contribution in [1.29, 1.82) is 0 Å². The van der Waals surface area contributed by atoms with Crippen molar-refractivity contribution in [3.05, 3.63) is 65.8 Å². The van der Waals surface area contributed by atoms with Crippen LogP contribution in [0.2, 0.25) is 0 Å². The van der Waals surface area contributed by atoms with Crippen LogP contribution in [0.15, 0.2) is 57.8 Å². The number of nitrogens with one attached hydrogen (secondary N) is 3. The minimum absolute atomic E-state index is 0.0417. The quantitative estimate of drug-likeness (QED) is 0.247. The van der Waals surface area contributed by atoms with Gasteiger partial charge in [-0.15, -0.1) is 0 Å². The Hall–Kier alpha value is -3.66. The second kappa shape index (κ2) is 10.9. The summed E-state index contributed by atoms with van der Waals surface area (Å²) in [6, 6.07) is 1.86. The molecule has 0 atom stereocenters. The van der Waals surface area contributed by atoms with Crippen LogP contribution < -0.4 is 10.6 Å². The van der Waals surface area contributed by atoms with Gasteiger partial charge in [0, 0.05) is 32.1 Å². The van der Waals surface area contributed by atoms with Crippen LogP contribution in [-0.2, 0) is 12.8 Å². The average Bonchev–Trinajstić information content (AvgIpc) is 3.40. The van der Waals surface area contributed by atoms with E-state index >= 15 is 0 Å². The Morgan fingerprint density at radius 2 is 2.19 bits per heavy atom. The van der Waals surface area contributed by atoms with E-state index in [2.05, 4.69) is 42.3 Å². The van der Waals surface area contributed by atoms with E-state index in [4.69, 9.17) is 4.42 Å². The van der Waals surface area contributed by atoms with Gasteiger partial charge in [-0.2, -0.15) is 0 Å². The molecule has 1 amide bonds. The summed E-state index contributed by atoms with van der Waals surface area (Å²) in [6.07, 6.45) is 8.79. The van der Waals surface area contributed by atoms with E-state index in [1.54, 1.807) is 19.3 Å². The molecule has 0 unspecified atom stereocenters. The first-order valence-electron chi connectivity index (χ1n) is 9.80. The van der Waals surface area contributed by atoms with E-state index in [9.17, 15) is 9.18 Å². The molecule has 3 aromatic rings.